The second kappa shape index (κ2) is 12.9. The first-order chi connectivity index (χ1) is 19.1. The lowest BCUT2D eigenvalue weighted by atomic mass is 10.1. The minimum Gasteiger partial charge on any atom is -0.352 e. The summed E-state index contributed by atoms with van der Waals surface area (Å²) in [4.78, 5) is 29.0. The van der Waals surface area contributed by atoms with Gasteiger partial charge in [-0.1, -0.05) is 66.9 Å². The van der Waals surface area contributed by atoms with Crippen LogP contribution in [0.25, 0.3) is 0 Å². The van der Waals surface area contributed by atoms with Crippen molar-refractivity contribution in [1.82, 2.24) is 10.2 Å². The molecule has 1 N–H and O–H groups in total. The number of carbonyl (C=O) groups is 2. The van der Waals surface area contributed by atoms with Gasteiger partial charge in [-0.3, -0.25) is 13.9 Å². The van der Waals surface area contributed by atoms with Gasteiger partial charge in [0.05, 0.1) is 10.6 Å². The van der Waals surface area contributed by atoms with Gasteiger partial charge in [0.25, 0.3) is 10.0 Å². The Labute approximate surface area is 242 Å². The van der Waals surface area contributed by atoms with Gasteiger partial charge in [0, 0.05) is 17.6 Å². The molecule has 4 rings (SSSR count). The van der Waals surface area contributed by atoms with Gasteiger partial charge >= 0.3 is 0 Å². The molecule has 2 amide bonds. The van der Waals surface area contributed by atoms with Crippen molar-refractivity contribution in [2.45, 2.75) is 70.0 Å². The van der Waals surface area contributed by atoms with Gasteiger partial charge in [-0.15, -0.1) is 0 Å². The van der Waals surface area contributed by atoms with E-state index < -0.39 is 28.5 Å². The molecular formula is C31H36ClN3O4S. The Bertz CT molecular complexity index is 1460. The Hall–Kier alpha value is -3.36. The molecule has 3 aromatic carbocycles. The number of carbonyl (C=O) groups excluding carboxylic acids is 2. The molecule has 1 atom stereocenters. The fourth-order valence-electron chi connectivity index (χ4n) is 5.08. The number of hydrogen-bond donors (Lipinski definition) is 1. The van der Waals surface area contributed by atoms with E-state index in [4.69, 9.17) is 11.6 Å². The lowest BCUT2D eigenvalue weighted by molar-refractivity contribution is -0.139. The van der Waals surface area contributed by atoms with Crippen LogP contribution in [-0.2, 0) is 26.2 Å². The zero-order chi connectivity index (χ0) is 28.9. The molecule has 1 fully saturated rings. The van der Waals surface area contributed by atoms with Crippen LogP contribution in [0.2, 0.25) is 5.02 Å². The van der Waals surface area contributed by atoms with Crippen molar-refractivity contribution < 1.29 is 18.0 Å². The van der Waals surface area contributed by atoms with Crippen LogP contribution < -0.4 is 9.62 Å². The van der Waals surface area contributed by atoms with Crippen LogP contribution in [0, 0.1) is 13.8 Å². The van der Waals surface area contributed by atoms with Crippen molar-refractivity contribution in [1.29, 1.82) is 0 Å². The molecule has 212 valence electrons. The number of sulfonamides is 1. The third kappa shape index (κ3) is 6.85. The fraction of sp³-hybridized carbons (Fsp3) is 0.355. The minimum atomic E-state index is -4.12. The second-order valence-electron chi connectivity index (χ2n) is 10.4. The third-order valence-corrected chi connectivity index (χ3v) is 9.52. The van der Waals surface area contributed by atoms with E-state index in [-0.39, 0.29) is 23.4 Å². The van der Waals surface area contributed by atoms with Crippen molar-refractivity contribution in [3.63, 3.8) is 0 Å². The maximum absolute atomic E-state index is 14.1. The number of benzene rings is 3. The molecule has 7 nitrogen and oxygen atoms in total. The van der Waals surface area contributed by atoms with Gasteiger partial charge in [0.2, 0.25) is 11.8 Å². The second-order valence-corrected chi connectivity index (χ2v) is 12.7. The van der Waals surface area contributed by atoms with E-state index in [1.54, 1.807) is 50.2 Å². The highest BCUT2D eigenvalue weighted by atomic mass is 35.5. The highest BCUT2D eigenvalue weighted by Crippen LogP contribution is 2.29. The summed E-state index contributed by atoms with van der Waals surface area (Å²) in [5, 5.41) is 3.55. The van der Waals surface area contributed by atoms with Crippen LogP contribution in [0.5, 0.6) is 0 Å². The van der Waals surface area contributed by atoms with Gasteiger partial charge in [-0.2, -0.15) is 0 Å². The van der Waals surface area contributed by atoms with E-state index in [0.717, 1.165) is 41.1 Å². The summed E-state index contributed by atoms with van der Waals surface area (Å²) in [6.45, 7) is 5.09. The molecule has 0 saturated heterocycles. The van der Waals surface area contributed by atoms with Gasteiger partial charge in [0.15, 0.2) is 0 Å². The summed E-state index contributed by atoms with van der Waals surface area (Å²) in [7, 11) is -4.12. The Morgan fingerprint density at radius 2 is 1.60 bits per heavy atom. The lowest BCUT2D eigenvalue weighted by Crippen LogP contribution is -2.52. The summed E-state index contributed by atoms with van der Waals surface area (Å²) in [6, 6.07) is 19.8. The lowest BCUT2D eigenvalue weighted by Gasteiger charge is -2.33. The first-order valence-corrected chi connectivity index (χ1v) is 15.4. The number of rotatable bonds is 10. The van der Waals surface area contributed by atoms with E-state index in [1.165, 1.54) is 17.0 Å². The Balaban J connectivity index is 1.71. The molecule has 1 aliphatic carbocycles. The molecule has 9 heteroatoms. The number of aryl methyl sites for hydroxylation is 2. The van der Waals surface area contributed by atoms with E-state index in [1.807, 2.05) is 31.2 Å². The standard InChI is InChI=1S/C31H36ClN3O4S/c1-22-11-7-8-12-25(22)20-34(24(3)31(37)33-27-13-9-10-14-27)30(36)21-35(29-18-17-26(32)19-23(29)2)40(38,39)28-15-5-4-6-16-28/h4-8,11-12,15-19,24,27H,9-10,13-14,20-21H2,1-3H3,(H,33,37)/t24-/m1/s1. The Morgan fingerprint density at radius 3 is 2.25 bits per heavy atom. The molecule has 3 aromatic rings. The number of halogens is 1. The van der Waals surface area contributed by atoms with Crippen LogP contribution in [0.1, 0.15) is 49.3 Å². The predicted molar refractivity (Wildman–Crippen MR) is 159 cm³/mol. The third-order valence-electron chi connectivity index (χ3n) is 7.51. The molecule has 40 heavy (non-hydrogen) atoms. The number of nitrogens with zero attached hydrogens (tertiary/aromatic N) is 2. The molecule has 0 aromatic heterocycles. The van der Waals surface area contributed by atoms with E-state index in [0.29, 0.717) is 16.3 Å². The summed E-state index contributed by atoms with van der Waals surface area (Å²) >= 11 is 6.17. The molecular weight excluding hydrogens is 546 g/mol. The molecule has 0 bridgehead atoms. The predicted octanol–water partition coefficient (Wildman–Crippen LogP) is 5.63. The van der Waals surface area contributed by atoms with Crippen LogP contribution in [-0.4, -0.2) is 43.8 Å². The van der Waals surface area contributed by atoms with Crippen LogP contribution in [0.4, 0.5) is 5.69 Å². The largest absolute Gasteiger partial charge is 0.352 e. The maximum atomic E-state index is 14.1. The smallest absolute Gasteiger partial charge is 0.264 e. The number of nitrogens with one attached hydrogen (secondary N) is 1. The minimum absolute atomic E-state index is 0.0645. The summed E-state index contributed by atoms with van der Waals surface area (Å²) < 4.78 is 28.9. The van der Waals surface area contributed by atoms with Crippen molar-refractivity contribution in [3.8, 4) is 0 Å². The molecule has 0 heterocycles. The molecule has 0 aliphatic heterocycles. The molecule has 0 spiro atoms. The highest BCUT2D eigenvalue weighted by molar-refractivity contribution is 7.92. The monoisotopic (exact) mass is 581 g/mol. The van der Waals surface area contributed by atoms with Crippen molar-refractivity contribution in [3.05, 3.63) is 94.5 Å². The number of anilines is 1. The van der Waals surface area contributed by atoms with Crippen molar-refractivity contribution in [2.24, 2.45) is 0 Å². The molecule has 0 unspecified atom stereocenters. The number of amides is 2. The average Bonchev–Trinajstić information content (AvgIpc) is 3.44. The van der Waals surface area contributed by atoms with Gasteiger partial charge in [-0.25, -0.2) is 8.42 Å². The van der Waals surface area contributed by atoms with Gasteiger partial charge < -0.3 is 10.2 Å². The first-order valence-electron chi connectivity index (χ1n) is 13.6. The van der Waals surface area contributed by atoms with Gasteiger partial charge in [0.1, 0.15) is 12.6 Å². The first kappa shape index (κ1) is 29.6. The quantitative estimate of drug-likeness (QED) is 0.336. The van der Waals surface area contributed by atoms with E-state index in [2.05, 4.69) is 5.32 Å². The van der Waals surface area contributed by atoms with Crippen molar-refractivity contribution >= 4 is 39.1 Å². The van der Waals surface area contributed by atoms with Crippen molar-refractivity contribution in [2.75, 3.05) is 10.8 Å². The van der Waals surface area contributed by atoms with Gasteiger partial charge in [-0.05, 0) is 80.6 Å². The molecule has 0 radical (unpaired) electrons. The topological polar surface area (TPSA) is 86.8 Å². The van der Waals surface area contributed by atoms with Crippen LogP contribution >= 0.6 is 11.6 Å². The zero-order valence-corrected chi connectivity index (χ0v) is 24.7. The summed E-state index contributed by atoms with van der Waals surface area (Å²) in [5.74, 6) is -0.722. The fourth-order valence-corrected chi connectivity index (χ4v) is 6.80. The average molecular weight is 582 g/mol. The molecule has 1 saturated carbocycles. The van der Waals surface area contributed by atoms with E-state index >= 15 is 0 Å². The molecule has 1 aliphatic rings. The summed E-state index contributed by atoms with van der Waals surface area (Å²) in [6.07, 6.45) is 3.97. The Kier molecular flexibility index (Phi) is 9.53. The zero-order valence-electron chi connectivity index (χ0n) is 23.1. The maximum Gasteiger partial charge on any atom is 0.264 e. The van der Waals surface area contributed by atoms with Crippen LogP contribution in [0.15, 0.2) is 77.7 Å². The van der Waals surface area contributed by atoms with E-state index in [9.17, 15) is 18.0 Å². The Morgan fingerprint density at radius 1 is 0.950 bits per heavy atom. The number of hydrogen-bond acceptors (Lipinski definition) is 4. The highest BCUT2D eigenvalue weighted by Gasteiger charge is 2.34. The van der Waals surface area contributed by atoms with Crippen LogP contribution in [0.3, 0.4) is 0 Å². The SMILES string of the molecule is Cc1ccccc1CN(C(=O)CN(c1ccc(Cl)cc1C)S(=O)(=O)c1ccccc1)[C@H](C)C(=O)NC1CCCC1. The normalized spacial score (nSPS) is 14.5. The summed E-state index contributed by atoms with van der Waals surface area (Å²) in [5.41, 5.74) is 2.82.